The van der Waals surface area contributed by atoms with E-state index in [4.69, 9.17) is 0 Å². The standard InChI is InChI=1S/C22H20N4O2S/c1-25-13-16(12-23-25)22(9-10-22)26-20(27)18-11-17(7-8-19(18)24-21(26)28)29-14-15-5-3-2-4-6-15/h2-8,11-13H,9-10,14H2,1H3,(H,24,28). The molecular formula is C22H20N4O2S. The Labute approximate surface area is 171 Å². The van der Waals surface area contributed by atoms with Crippen molar-refractivity contribution in [2.24, 2.45) is 7.05 Å². The maximum Gasteiger partial charge on any atom is 0.329 e. The lowest BCUT2D eigenvalue weighted by Crippen LogP contribution is -2.42. The lowest BCUT2D eigenvalue weighted by Gasteiger charge is -2.17. The normalized spacial score (nSPS) is 14.9. The fourth-order valence-electron chi connectivity index (χ4n) is 3.83. The summed E-state index contributed by atoms with van der Waals surface area (Å²) in [7, 11) is 1.84. The summed E-state index contributed by atoms with van der Waals surface area (Å²) in [6, 6.07) is 15.9. The van der Waals surface area contributed by atoms with Gasteiger partial charge >= 0.3 is 5.69 Å². The summed E-state index contributed by atoms with van der Waals surface area (Å²) in [6.45, 7) is 0. The van der Waals surface area contributed by atoms with Crippen molar-refractivity contribution in [2.45, 2.75) is 29.0 Å². The summed E-state index contributed by atoms with van der Waals surface area (Å²) < 4.78 is 3.09. The minimum Gasteiger partial charge on any atom is -0.307 e. The van der Waals surface area contributed by atoms with Gasteiger partial charge in [-0.1, -0.05) is 30.3 Å². The van der Waals surface area contributed by atoms with E-state index < -0.39 is 5.54 Å². The van der Waals surface area contributed by atoms with Crippen molar-refractivity contribution in [3.8, 4) is 0 Å². The van der Waals surface area contributed by atoms with Gasteiger partial charge in [-0.05, 0) is 36.6 Å². The van der Waals surface area contributed by atoms with Crippen LogP contribution in [0.25, 0.3) is 10.9 Å². The maximum absolute atomic E-state index is 13.3. The van der Waals surface area contributed by atoms with Gasteiger partial charge < -0.3 is 4.98 Å². The van der Waals surface area contributed by atoms with Crippen LogP contribution in [-0.4, -0.2) is 19.3 Å². The average molecular weight is 404 g/mol. The molecular weight excluding hydrogens is 384 g/mol. The van der Waals surface area contributed by atoms with Crippen LogP contribution in [0.5, 0.6) is 0 Å². The smallest absolute Gasteiger partial charge is 0.307 e. The molecule has 0 saturated heterocycles. The van der Waals surface area contributed by atoms with Gasteiger partial charge in [0.1, 0.15) is 0 Å². The maximum atomic E-state index is 13.3. The van der Waals surface area contributed by atoms with Crippen LogP contribution in [0.15, 0.2) is 75.4 Å². The number of aromatic nitrogens is 4. The molecule has 6 nitrogen and oxygen atoms in total. The Morgan fingerprint density at radius 2 is 1.93 bits per heavy atom. The fourth-order valence-corrected chi connectivity index (χ4v) is 4.73. The van der Waals surface area contributed by atoms with E-state index in [0.29, 0.717) is 10.9 Å². The lowest BCUT2D eigenvalue weighted by molar-refractivity contribution is 0.526. The Bertz CT molecular complexity index is 1320. The summed E-state index contributed by atoms with van der Waals surface area (Å²) in [5, 5.41) is 4.76. The van der Waals surface area contributed by atoms with E-state index in [0.717, 1.165) is 29.1 Å². The molecule has 0 unspecified atom stereocenters. The van der Waals surface area contributed by atoms with Crippen LogP contribution in [0.1, 0.15) is 24.0 Å². The van der Waals surface area contributed by atoms with Crippen LogP contribution >= 0.6 is 11.8 Å². The van der Waals surface area contributed by atoms with E-state index >= 15 is 0 Å². The molecule has 2 aromatic carbocycles. The first-order valence-electron chi connectivity index (χ1n) is 9.52. The third-order valence-corrected chi connectivity index (χ3v) is 6.58. The van der Waals surface area contributed by atoms with Gasteiger partial charge in [0, 0.05) is 29.5 Å². The van der Waals surface area contributed by atoms with Crippen molar-refractivity contribution < 1.29 is 0 Å². The van der Waals surface area contributed by atoms with Crippen molar-refractivity contribution >= 4 is 22.7 Å². The van der Waals surface area contributed by atoms with E-state index in [1.54, 1.807) is 22.6 Å². The number of nitrogens with zero attached hydrogens (tertiary/aromatic N) is 3. The molecule has 1 fully saturated rings. The molecule has 1 saturated carbocycles. The number of hydrogen-bond acceptors (Lipinski definition) is 4. The van der Waals surface area contributed by atoms with Gasteiger partial charge in [0.25, 0.3) is 5.56 Å². The quantitative estimate of drug-likeness (QED) is 0.518. The van der Waals surface area contributed by atoms with E-state index in [1.807, 2.05) is 49.6 Å². The van der Waals surface area contributed by atoms with Crippen LogP contribution in [0.3, 0.4) is 0 Å². The molecule has 7 heteroatoms. The van der Waals surface area contributed by atoms with Gasteiger partial charge in [-0.3, -0.25) is 9.48 Å². The molecule has 2 heterocycles. The molecule has 2 aromatic heterocycles. The van der Waals surface area contributed by atoms with Crippen molar-refractivity contribution in [1.29, 1.82) is 0 Å². The number of fused-ring (bicyclic) bond motifs is 1. The zero-order valence-corrected chi connectivity index (χ0v) is 16.8. The molecule has 146 valence electrons. The van der Waals surface area contributed by atoms with Gasteiger partial charge in [0.2, 0.25) is 0 Å². The van der Waals surface area contributed by atoms with Gasteiger partial charge in [0.05, 0.1) is 22.6 Å². The molecule has 0 amide bonds. The lowest BCUT2D eigenvalue weighted by atomic mass is 10.1. The van der Waals surface area contributed by atoms with Crippen LogP contribution in [0.2, 0.25) is 0 Å². The van der Waals surface area contributed by atoms with Gasteiger partial charge in [-0.15, -0.1) is 11.8 Å². The van der Waals surface area contributed by atoms with Crippen molar-refractivity contribution in [2.75, 3.05) is 0 Å². The number of rotatable bonds is 5. The largest absolute Gasteiger partial charge is 0.329 e. The number of aryl methyl sites for hydroxylation is 1. The molecule has 1 aliphatic carbocycles. The van der Waals surface area contributed by atoms with Crippen molar-refractivity contribution in [1.82, 2.24) is 19.3 Å². The predicted molar refractivity (Wildman–Crippen MR) is 114 cm³/mol. The molecule has 0 radical (unpaired) electrons. The second-order valence-electron chi connectivity index (χ2n) is 7.49. The first-order valence-corrected chi connectivity index (χ1v) is 10.5. The van der Waals surface area contributed by atoms with Crippen molar-refractivity contribution in [3.05, 3.63) is 92.9 Å². The molecule has 1 N–H and O–H groups in total. The van der Waals surface area contributed by atoms with Crippen LogP contribution in [0, 0.1) is 0 Å². The highest BCUT2D eigenvalue weighted by Crippen LogP contribution is 2.47. The predicted octanol–water partition coefficient (Wildman–Crippen LogP) is 3.25. The summed E-state index contributed by atoms with van der Waals surface area (Å²) >= 11 is 1.68. The Morgan fingerprint density at radius 3 is 2.62 bits per heavy atom. The van der Waals surface area contributed by atoms with E-state index in [2.05, 4.69) is 22.2 Å². The number of benzene rings is 2. The van der Waals surface area contributed by atoms with Gasteiger partial charge in [-0.2, -0.15) is 5.10 Å². The van der Waals surface area contributed by atoms with Gasteiger partial charge in [0.15, 0.2) is 0 Å². The SMILES string of the molecule is Cn1cc(C2(n3c(=O)[nH]c4ccc(SCc5ccccc5)cc4c3=O)CC2)cn1. The van der Waals surface area contributed by atoms with Crippen LogP contribution < -0.4 is 11.2 Å². The Morgan fingerprint density at radius 1 is 1.14 bits per heavy atom. The summed E-state index contributed by atoms with van der Waals surface area (Å²) in [4.78, 5) is 30.0. The topological polar surface area (TPSA) is 72.7 Å². The van der Waals surface area contributed by atoms with E-state index in [9.17, 15) is 9.59 Å². The van der Waals surface area contributed by atoms with E-state index in [1.165, 1.54) is 10.1 Å². The zero-order chi connectivity index (χ0) is 20.0. The second kappa shape index (κ2) is 6.77. The molecule has 0 aliphatic heterocycles. The Kier molecular flexibility index (Phi) is 4.20. The number of nitrogens with one attached hydrogen (secondary N) is 1. The molecule has 0 bridgehead atoms. The molecule has 5 rings (SSSR count). The third kappa shape index (κ3) is 3.11. The fraction of sp³-hybridized carbons (Fsp3) is 0.227. The van der Waals surface area contributed by atoms with Crippen LogP contribution in [-0.2, 0) is 18.3 Å². The molecule has 0 spiro atoms. The highest BCUT2D eigenvalue weighted by molar-refractivity contribution is 7.98. The Balaban J connectivity index is 1.56. The molecule has 1 aliphatic rings. The third-order valence-electron chi connectivity index (χ3n) is 5.51. The first-order chi connectivity index (χ1) is 14.1. The molecule has 0 atom stereocenters. The Hall–Kier alpha value is -3.06. The van der Waals surface area contributed by atoms with E-state index in [-0.39, 0.29) is 11.2 Å². The summed E-state index contributed by atoms with van der Waals surface area (Å²) in [5.41, 5.74) is 1.51. The minimum absolute atomic E-state index is 0.243. The second-order valence-corrected chi connectivity index (χ2v) is 8.54. The zero-order valence-electron chi connectivity index (χ0n) is 16.0. The number of aromatic amines is 1. The minimum atomic E-state index is -0.583. The highest BCUT2D eigenvalue weighted by Gasteiger charge is 2.49. The molecule has 29 heavy (non-hydrogen) atoms. The summed E-state index contributed by atoms with van der Waals surface area (Å²) in [6.07, 6.45) is 5.15. The number of hydrogen-bond donors (Lipinski definition) is 1. The molecule has 4 aromatic rings. The van der Waals surface area contributed by atoms with Crippen molar-refractivity contribution in [3.63, 3.8) is 0 Å². The van der Waals surface area contributed by atoms with Gasteiger partial charge in [-0.25, -0.2) is 9.36 Å². The van der Waals surface area contributed by atoms with Crippen LogP contribution in [0.4, 0.5) is 0 Å². The summed E-state index contributed by atoms with van der Waals surface area (Å²) in [5.74, 6) is 0.823. The monoisotopic (exact) mass is 404 g/mol. The number of H-pyrrole nitrogens is 1. The first kappa shape index (κ1) is 18.0. The number of thioether (sulfide) groups is 1. The average Bonchev–Trinajstić information content (AvgIpc) is 3.40. The highest BCUT2D eigenvalue weighted by atomic mass is 32.2.